The van der Waals surface area contributed by atoms with Crippen molar-refractivity contribution in [2.24, 2.45) is 4.99 Å². The second kappa shape index (κ2) is 12.3. The van der Waals surface area contributed by atoms with Crippen LogP contribution in [0.4, 0.5) is 11.6 Å². The molecule has 1 saturated heterocycles. The molecular formula is C23H31N7O2S. The molecule has 0 atom stereocenters. The van der Waals surface area contributed by atoms with E-state index in [9.17, 15) is 4.79 Å². The third-order valence-corrected chi connectivity index (χ3v) is 5.20. The molecule has 0 radical (unpaired) electrons. The SMILES string of the molecule is CC(=O)c1ccc(NC(=S)NC(=NCCCN2CCOCC2)Nc2nc(C)cc(C)n2)cc1. The number of anilines is 2. The molecule has 2 heterocycles. The van der Waals surface area contributed by atoms with Crippen LogP contribution in [0.25, 0.3) is 0 Å². The topological polar surface area (TPSA) is 104 Å². The lowest BCUT2D eigenvalue weighted by atomic mass is 10.1. The van der Waals surface area contributed by atoms with Crippen LogP contribution >= 0.6 is 12.2 Å². The summed E-state index contributed by atoms with van der Waals surface area (Å²) in [5.41, 5.74) is 3.15. The van der Waals surface area contributed by atoms with Crippen LogP contribution < -0.4 is 16.0 Å². The van der Waals surface area contributed by atoms with Crippen molar-refractivity contribution in [3.63, 3.8) is 0 Å². The van der Waals surface area contributed by atoms with E-state index in [-0.39, 0.29) is 5.78 Å². The largest absolute Gasteiger partial charge is 0.379 e. The summed E-state index contributed by atoms with van der Waals surface area (Å²) in [4.78, 5) is 27.4. The van der Waals surface area contributed by atoms with Crippen LogP contribution in [0.1, 0.15) is 35.1 Å². The number of hydrogen-bond acceptors (Lipinski definition) is 7. The minimum Gasteiger partial charge on any atom is -0.379 e. The zero-order valence-electron chi connectivity index (χ0n) is 19.4. The molecule has 0 unspecified atom stereocenters. The molecule has 3 N–H and O–H groups in total. The Hall–Kier alpha value is -2.95. The van der Waals surface area contributed by atoms with Crippen molar-refractivity contribution in [1.82, 2.24) is 20.2 Å². The molecule has 1 fully saturated rings. The number of ketones is 1. The first-order valence-electron chi connectivity index (χ1n) is 11.0. The van der Waals surface area contributed by atoms with Gasteiger partial charge in [0.15, 0.2) is 10.9 Å². The molecule has 0 saturated carbocycles. The average Bonchev–Trinajstić information content (AvgIpc) is 2.77. The maximum atomic E-state index is 11.5. The molecule has 2 aromatic rings. The van der Waals surface area contributed by atoms with E-state index < -0.39 is 0 Å². The Morgan fingerprint density at radius 3 is 2.42 bits per heavy atom. The fraction of sp³-hybridized carbons (Fsp3) is 0.435. The Morgan fingerprint density at radius 1 is 1.12 bits per heavy atom. The summed E-state index contributed by atoms with van der Waals surface area (Å²) < 4.78 is 5.40. The monoisotopic (exact) mass is 469 g/mol. The molecule has 0 spiro atoms. The molecule has 0 bridgehead atoms. The summed E-state index contributed by atoms with van der Waals surface area (Å²) in [6, 6.07) is 9.05. The number of rotatable bonds is 7. The number of carbonyl (C=O) groups excluding carboxylic acids is 1. The van der Waals surface area contributed by atoms with E-state index in [0.29, 0.717) is 29.1 Å². The average molecular weight is 470 g/mol. The van der Waals surface area contributed by atoms with E-state index >= 15 is 0 Å². The van der Waals surface area contributed by atoms with Crippen molar-refractivity contribution in [2.45, 2.75) is 27.2 Å². The molecule has 1 aromatic carbocycles. The van der Waals surface area contributed by atoms with Gasteiger partial charge in [-0.25, -0.2) is 9.97 Å². The number of benzene rings is 1. The quantitative estimate of drug-likeness (QED) is 0.186. The van der Waals surface area contributed by atoms with Gasteiger partial charge >= 0.3 is 0 Å². The Kier molecular flexibility index (Phi) is 9.23. The Morgan fingerprint density at radius 2 is 1.79 bits per heavy atom. The van der Waals surface area contributed by atoms with Gasteiger partial charge in [0.05, 0.1) is 13.2 Å². The molecule has 0 aliphatic carbocycles. The number of aryl methyl sites for hydroxylation is 2. The maximum absolute atomic E-state index is 11.5. The number of morpholine rings is 1. The molecule has 10 heteroatoms. The van der Waals surface area contributed by atoms with Crippen LogP contribution in [-0.4, -0.2) is 71.1 Å². The van der Waals surface area contributed by atoms with Gasteiger partial charge in [0.1, 0.15) is 0 Å². The van der Waals surface area contributed by atoms with E-state index in [1.54, 1.807) is 12.1 Å². The number of aliphatic imine (C=N–C) groups is 1. The third kappa shape index (κ3) is 8.49. The van der Waals surface area contributed by atoms with E-state index in [2.05, 4.69) is 35.8 Å². The van der Waals surface area contributed by atoms with Crippen LogP contribution in [0.3, 0.4) is 0 Å². The number of nitrogens with one attached hydrogen (secondary N) is 3. The van der Waals surface area contributed by atoms with Gasteiger partial charge in [-0.1, -0.05) is 0 Å². The highest BCUT2D eigenvalue weighted by molar-refractivity contribution is 7.80. The smallest absolute Gasteiger partial charge is 0.229 e. The number of Topliss-reactive ketones (excluding diaryl/α,β-unsaturated/α-hetero) is 1. The van der Waals surface area contributed by atoms with E-state index in [1.165, 1.54) is 6.92 Å². The van der Waals surface area contributed by atoms with Gasteiger partial charge in [-0.2, -0.15) is 0 Å². The molecular weight excluding hydrogens is 438 g/mol. The van der Waals surface area contributed by atoms with Gasteiger partial charge in [0.25, 0.3) is 0 Å². The molecule has 33 heavy (non-hydrogen) atoms. The molecule has 1 aliphatic heterocycles. The fourth-order valence-electron chi connectivity index (χ4n) is 3.37. The van der Waals surface area contributed by atoms with Gasteiger partial charge in [-0.3, -0.25) is 20.0 Å². The summed E-state index contributed by atoms with van der Waals surface area (Å²) in [7, 11) is 0. The van der Waals surface area contributed by atoms with Gasteiger partial charge in [0.2, 0.25) is 11.9 Å². The summed E-state index contributed by atoms with van der Waals surface area (Å²) in [5, 5.41) is 9.74. The number of aromatic nitrogens is 2. The first-order chi connectivity index (χ1) is 15.9. The highest BCUT2D eigenvalue weighted by Crippen LogP contribution is 2.10. The van der Waals surface area contributed by atoms with Crippen LogP contribution in [0.15, 0.2) is 35.3 Å². The van der Waals surface area contributed by atoms with Crippen molar-refractivity contribution in [1.29, 1.82) is 0 Å². The zero-order chi connectivity index (χ0) is 23.6. The van der Waals surface area contributed by atoms with Gasteiger partial charge in [0, 0.05) is 48.8 Å². The lowest BCUT2D eigenvalue weighted by Crippen LogP contribution is -2.39. The van der Waals surface area contributed by atoms with Crippen molar-refractivity contribution in [3.8, 4) is 0 Å². The zero-order valence-corrected chi connectivity index (χ0v) is 20.2. The number of hydrogen-bond donors (Lipinski definition) is 3. The lowest BCUT2D eigenvalue weighted by Gasteiger charge is -2.26. The molecule has 1 aromatic heterocycles. The summed E-state index contributed by atoms with van der Waals surface area (Å²) in [6.45, 7) is 10.5. The number of thiocarbonyl (C=S) groups is 1. The second-order valence-electron chi connectivity index (χ2n) is 7.85. The van der Waals surface area contributed by atoms with Gasteiger partial charge < -0.3 is 15.4 Å². The van der Waals surface area contributed by atoms with Crippen LogP contribution in [0, 0.1) is 13.8 Å². The molecule has 1 aliphatic rings. The molecule has 176 valence electrons. The predicted octanol–water partition coefficient (Wildman–Crippen LogP) is 2.77. The Bertz CT molecular complexity index is 969. The normalized spacial score (nSPS) is 14.6. The summed E-state index contributed by atoms with van der Waals surface area (Å²) >= 11 is 5.47. The molecule has 0 amide bonds. The first-order valence-corrected chi connectivity index (χ1v) is 11.4. The number of guanidine groups is 1. The second-order valence-corrected chi connectivity index (χ2v) is 8.26. The summed E-state index contributed by atoms with van der Waals surface area (Å²) in [6.07, 6.45) is 0.910. The van der Waals surface area contributed by atoms with Crippen molar-refractivity contribution in [2.75, 3.05) is 50.0 Å². The third-order valence-electron chi connectivity index (χ3n) is 5.00. The van der Waals surface area contributed by atoms with E-state index in [4.69, 9.17) is 17.0 Å². The summed E-state index contributed by atoms with van der Waals surface area (Å²) in [5.74, 6) is 0.951. The Balaban J connectivity index is 1.62. The van der Waals surface area contributed by atoms with Crippen LogP contribution in [0.5, 0.6) is 0 Å². The lowest BCUT2D eigenvalue weighted by molar-refractivity contribution is 0.0377. The molecule has 3 rings (SSSR count). The van der Waals surface area contributed by atoms with E-state index in [0.717, 1.165) is 56.3 Å². The van der Waals surface area contributed by atoms with Crippen molar-refractivity contribution >= 4 is 40.7 Å². The highest BCUT2D eigenvalue weighted by Gasteiger charge is 2.10. The van der Waals surface area contributed by atoms with Crippen molar-refractivity contribution in [3.05, 3.63) is 47.3 Å². The number of nitrogens with zero attached hydrogens (tertiary/aromatic N) is 4. The predicted molar refractivity (Wildman–Crippen MR) is 135 cm³/mol. The van der Waals surface area contributed by atoms with Gasteiger partial charge in [-0.15, -0.1) is 0 Å². The first kappa shape index (κ1) is 24.7. The standard InChI is InChI=1S/C23H31N7O2S/c1-16-15-17(2)26-22(25-16)28-21(24-9-4-10-30-11-13-32-14-12-30)29-23(33)27-20-7-5-19(6-8-20)18(3)31/h5-8,15H,4,9-14H2,1-3H3,(H3,24,25,26,27,28,29,33). The van der Waals surface area contributed by atoms with Gasteiger partial charge in [-0.05, 0) is 69.7 Å². The number of carbonyl (C=O) groups is 1. The number of ether oxygens (including phenoxy) is 1. The van der Waals surface area contributed by atoms with Crippen molar-refractivity contribution < 1.29 is 9.53 Å². The van der Waals surface area contributed by atoms with Crippen LogP contribution in [-0.2, 0) is 4.74 Å². The van der Waals surface area contributed by atoms with E-state index in [1.807, 2.05) is 32.0 Å². The minimum atomic E-state index is 0.0198. The fourth-order valence-corrected chi connectivity index (χ4v) is 3.58. The van der Waals surface area contributed by atoms with Crippen LogP contribution in [0.2, 0.25) is 0 Å². The Labute approximate surface area is 200 Å². The molecule has 9 nitrogen and oxygen atoms in total. The highest BCUT2D eigenvalue weighted by atomic mass is 32.1. The minimum absolute atomic E-state index is 0.0198. The maximum Gasteiger partial charge on any atom is 0.229 e.